The first-order valence-electron chi connectivity index (χ1n) is 9.03. The number of nitrogens with zero attached hydrogens (tertiary/aromatic N) is 2. The van der Waals surface area contributed by atoms with Gasteiger partial charge in [0.15, 0.2) is 5.96 Å². The SMILES string of the molecule is CCNC(=NCc1c(CC)noc1CC)NCCNS(=O)(=O)c1cccs1. The van der Waals surface area contributed by atoms with Crippen LogP contribution in [0.2, 0.25) is 0 Å². The summed E-state index contributed by atoms with van der Waals surface area (Å²) in [5.41, 5.74) is 1.95. The summed E-state index contributed by atoms with van der Waals surface area (Å²) in [6.07, 6.45) is 1.56. The van der Waals surface area contributed by atoms with Gasteiger partial charge in [0.1, 0.15) is 9.97 Å². The molecule has 0 saturated carbocycles. The number of hydrogen-bond acceptors (Lipinski definition) is 6. The Morgan fingerprint density at radius 3 is 2.67 bits per heavy atom. The van der Waals surface area contributed by atoms with Crippen molar-refractivity contribution in [1.29, 1.82) is 0 Å². The predicted octanol–water partition coefficient (Wildman–Crippen LogP) is 1.89. The monoisotopic (exact) mass is 413 g/mol. The number of aryl methyl sites for hydroxylation is 2. The van der Waals surface area contributed by atoms with Crippen LogP contribution in [0.4, 0.5) is 0 Å². The highest BCUT2D eigenvalue weighted by Gasteiger charge is 2.15. The van der Waals surface area contributed by atoms with Crippen molar-refractivity contribution in [2.24, 2.45) is 4.99 Å². The third-order valence-corrected chi connectivity index (χ3v) is 6.67. The maximum absolute atomic E-state index is 12.1. The molecule has 0 amide bonds. The van der Waals surface area contributed by atoms with Gasteiger partial charge in [-0.25, -0.2) is 18.1 Å². The number of aromatic nitrogens is 1. The number of hydrogen-bond donors (Lipinski definition) is 3. The first-order valence-corrected chi connectivity index (χ1v) is 11.4. The maximum Gasteiger partial charge on any atom is 0.250 e. The van der Waals surface area contributed by atoms with E-state index in [1.54, 1.807) is 17.5 Å². The van der Waals surface area contributed by atoms with Crippen molar-refractivity contribution in [3.8, 4) is 0 Å². The lowest BCUT2D eigenvalue weighted by Crippen LogP contribution is -2.41. The topological polar surface area (TPSA) is 109 Å². The summed E-state index contributed by atoms with van der Waals surface area (Å²) in [6.45, 7) is 7.89. The van der Waals surface area contributed by atoms with Gasteiger partial charge >= 0.3 is 0 Å². The van der Waals surface area contributed by atoms with Gasteiger partial charge in [-0.1, -0.05) is 25.1 Å². The van der Waals surface area contributed by atoms with Crippen LogP contribution in [-0.2, 0) is 29.4 Å². The molecule has 0 fully saturated rings. The van der Waals surface area contributed by atoms with E-state index in [-0.39, 0.29) is 6.54 Å². The highest BCUT2D eigenvalue weighted by molar-refractivity contribution is 7.91. The second-order valence-corrected chi connectivity index (χ2v) is 8.63. The van der Waals surface area contributed by atoms with Gasteiger partial charge in [0, 0.05) is 31.6 Å². The second-order valence-electron chi connectivity index (χ2n) is 5.69. The quantitative estimate of drug-likeness (QED) is 0.312. The molecule has 0 unspecified atom stereocenters. The minimum absolute atomic E-state index is 0.262. The summed E-state index contributed by atoms with van der Waals surface area (Å²) in [6, 6.07) is 3.30. The van der Waals surface area contributed by atoms with E-state index < -0.39 is 10.0 Å². The van der Waals surface area contributed by atoms with Crippen LogP contribution in [0, 0.1) is 0 Å². The zero-order valence-corrected chi connectivity index (χ0v) is 17.5. The molecule has 0 atom stereocenters. The number of aliphatic imine (C=N–C) groups is 1. The number of sulfonamides is 1. The van der Waals surface area contributed by atoms with Crippen LogP contribution in [-0.4, -0.2) is 39.2 Å². The van der Waals surface area contributed by atoms with Gasteiger partial charge in [-0.2, -0.15) is 0 Å². The maximum atomic E-state index is 12.1. The summed E-state index contributed by atoms with van der Waals surface area (Å²) in [7, 11) is -3.45. The molecule has 0 spiro atoms. The Morgan fingerprint density at radius 2 is 2.04 bits per heavy atom. The first kappa shape index (κ1) is 21.4. The zero-order valence-electron chi connectivity index (χ0n) is 15.9. The predicted molar refractivity (Wildman–Crippen MR) is 108 cm³/mol. The Labute approximate surface area is 164 Å². The van der Waals surface area contributed by atoms with E-state index in [9.17, 15) is 8.42 Å². The molecule has 0 radical (unpaired) electrons. The van der Waals surface area contributed by atoms with Crippen LogP contribution in [0.1, 0.15) is 37.8 Å². The molecule has 0 bridgehead atoms. The highest BCUT2D eigenvalue weighted by Crippen LogP contribution is 2.17. The first-order chi connectivity index (χ1) is 13.0. The second kappa shape index (κ2) is 10.4. The van der Waals surface area contributed by atoms with Gasteiger partial charge in [-0.3, -0.25) is 0 Å². The Balaban J connectivity index is 1.91. The van der Waals surface area contributed by atoms with Crippen molar-refractivity contribution in [2.75, 3.05) is 19.6 Å². The van der Waals surface area contributed by atoms with Crippen molar-refractivity contribution in [2.45, 2.75) is 44.4 Å². The molecule has 8 nitrogen and oxygen atoms in total. The molecule has 0 aliphatic rings. The van der Waals surface area contributed by atoms with Crippen LogP contribution in [0.25, 0.3) is 0 Å². The summed E-state index contributed by atoms with van der Waals surface area (Å²) < 4.78 is 32.4. The molecule has 2 rings (SSSR count). The van der Waals surface area contributed by atoms with Gasteiger partial charge in [0.25, 0.3) is 0 Å². The smallest absolute Gasteiger partial charge is 0.250 e. The Hall–Kier alpha value is -1.91. The molecular weight excluding hydrogens is 386 g/mol. The fourth-order valence-electron chi connectivity index (χ4n) is 2.47. The van der Waals surface area contributed by atoms with Crippen LogP contribution in [0.5, 0.6) is 0 Å². The van der Waals surface area contributed by atoms with Crippen LogP contribution in [0.3, 0.4) is 0 Å². The minimum Gasteiger partial charge on any atom is -0.361 e. The van der Waals surface area contributed by atoms with E-state index in [1.807, 2.05) is 20.8 Å². The molecule has 2 heterocycles. The molecule has 10 heteroatoms. The van der Waals surface area contributed by atoms with Crippen molar-refractivity contribution in [3.05, 3.63) is 34.5 Å². The van der Waals surface area contributed by atoms with Crippen LogP contribution in [0.15, 0.2) is 31.2 Å². The summed E-state index contributed by atoms with van der Waals surface area (Å²) in [5.74, 6) is 1.48. The highest BCUT2D eigenvalue weighted by atomic mass is 32.2. The average Bonchev–Trinajstić information content (AvgIpc) is 3.32. The molecule has 2 aromatic rings. The third kappa shape index (κ3) is 6.05. The Morgan fingerprint density at radius 1 is 1.22 bits per heavy atom. The molecule has 0 aliphatic carbocycles. The summed E-state index contributed by atoms with van der Waals surface area (Å²) in [5, 5.41) is 12.1. The zero-order chi connectivity index (χ0) is 19.7. The molecule has 2 aromatic heterocycles. The summed E-state index contributed by atoms with van der Waals surface area (Å²) >= 11 is 1.19. The average molecular weight is 414 g/mol. The molecule has 0 aromatic carbocycles. The van der Waals surface area contributed by atoms with E-state index in [1.165, 1.54) is 11.3 Å². The largest absolute Gasteiger partial charge is 0.361 e. The minimum atomic E-state index is -3.45. The molecule has 0 aliphatic heterocycles. The molecule has 0 saturated heterocycles. The van der Waals surface area contributed by atoms with Crippen molar-refractivity contribution >= 4 is 27.3 Å². The lowest BCUT2D eigenvalue weighted by atomic mass is 10.1. The fourth-order valence-corrected chi connectivity index (χ4v) is 4.54. The number of nitrogens with one attached hydrogen (secondary N) is 3. The molecular formula is C17H27N5O3S2. The fraction of sp³-hybridized carbons (Fsp3) is 0.529. The van der Waals surface area contributed by atoms with Crippen LogP contribution >= 0.6 is 11.3 Å². The number of thiophene rings is 1. The summed E-state index contributed by atoms with van der Waals surface area (Å²) in [4.78, 5) is 4.58. The molecule has 3 N–H and O–H groups in total. The van der Waals surface area contributed by atoms with Gasteiger partial charge in [-0.05, 0) is 24.8 Å². The van der Waals surface area contributed by atoms with E-state index in [4.69, 9.17) is 4.52 Å². The number of rotatable bonds is 10. The van der Waals surface area contributed by atoms with Gasteiger partial charge in [-0.15, -0.1) is 11.3 Å². The van der Waals surface area contributed by atoms with E-state index in [0.717, 1.165) is 29.9 Å². The van der Waals surface area contributed by atoms with Crippen molar-refractivity contribution in [1.82, 2.24) is 20.5 Å². The number of guanidine groups is 1. The van der Waals surface area contributed by atoms with Gasteiger partial charge in [0.05, 0.1) is 12.2 Å². The normalized spacial score (nSPS) is 12.3. The third-order valence-electron chi connectivity index (χ3n) is 3.82. The Bertz CT molecular complexity index is 807. The van der Waals surface area contributed by atoms with Crippen molar-refractivity contribution in [3.63, 3.8) is 0 Å². The van der Waals surface area contributed by atoms with E-state index in [2.05, 4.69) is 25.5 Å². The molecule has 27 heavy (non-hydrogen) atoms. The van der Waals surface area contributed by atoms with Crippen molar-refractivity contribution < 1.29 is 12.9 Å². The lowest BCUT2D eigenvalue weighted by molar-refractivity contribution is 0.380. The lowest BCUT2D eigenvalue weighted by Gasteiger charge is -2.12. The standard InChI is InChI=1S/C17H27N5O3S2/c1-4-14-13(15(5-2)25-22-14)12-20-17(18-6-3)19-9-10-21-27(23,24)16-8-7-11-26-16/h7-8,11,21H,4-6,9-10,12H2,1-3H3,(H2,18,19,20). The van der Waals surface area contributed by atoms with E-state index in [0.29, 0.717) is 29.8 Å². The van der Waals surface area contributed by atoms with E-state index >= 15 is 0 Å². The van der Waals surface area contributed by atoms with Gasteiger partial charge < -0.3 is 15.2 Å². The van der Waals surface area contributed by atoms with Gasteiger partial charge in [0.2, 0.25) is 10.0 Å². The van der Waals surface area contributed by atoms with Crippen LogP contribution < -0.4 is 15.4 Å². The molecule has 150 valence electrons. The Kier molecular flexibility index (Phi) is 8.26.